The van der Waals surface area contributed by atoms with Crippen molar-refractivity contribution in [2.75, 3.05) is 0 Å². The number of hydrogen-bond acceptors (Lipinski definition) is 4. The summed E-state index contributed by atoms with van der Waals surface area (Å²) in [6.45, 7) is -3.96. The van der Waals surface area contributed by atoms with Gasteiger partial charge in [0.15, 0.2) is 0 Å². The molecular weight excluding hydrogens is 219 g/mol. The van der Waals surface area contributed by atoms with Crippen LogP contribution in [0.3, 0.4) is 0 Å². The summed E-state index contributed by atoms with van der Waals surface area (Å²) in [6, 6.07) is 0.979. The lowest BCUT2D eigenvalue weighted by Crippen LogP contribution is -2.31. The van der Waals surface area contributed by atoms with Gasteiger partial charge in [-0.1, -0.05) is 0 Å². The lowest BCUT2D eigenvalue weighted by atomic mass is 10.7. The van der Waals surface area contributed by atoms with Crippen LogP contribution in [-0.4, -0.2) is 19.5 Å². The molecular formula is C4H5N2O5PS. The van der Waals surface area contributed by atoms with Gasteiger partial charge in [0, 0.05) is 17.9 Å². The molecule has 0 bridgehead atoms. The molecule has 1 rings (SSSR count). The van der Waals surface area contributed by atoms with Gasteiger partial charge in [-0.05, 0) is 0 Å². The first-order valence-electron chi connectivity index (χ1n) is 2.96. The summed E-state index contributed by atoms with van der Waals surface area (Å²) in [5.74, 6) is 0. The first-order chi connectivity index (χ1) is 5.88. The fourth-order valence-corrected chi connectivity index (χ4v) is 1.16. The largest absolute Gasteiger partial charge is 0.395 e. The maximum atomic E-state index is 10.8. The van der Waals surface area contributed by atoms with Crippen molar-refractivity contribution in [3.05, 3.63) is 33.1 Å². The monoisotopic (exact) mass is 224 g/mol. The highest BCUT2D eigenvalue weighted by molar-refractivity contribution is 8.06. The third-order valence-electron chi connectivity index (χ3n) is 0.986. The Bertz CT molecular complexity index is 458. The van der Waals surface area contributed by atoms with E-state index in [1.165, 1.54) is 0 Å². The normalized spacial score (nSPS) is 11.2. The zero-order chi connectivity index (χ0) is 10.1. The topological polar surface area (TPSA) is 105 Å². The van der Waals surface area contributed by atoms with Gasteiger partial charge in [0.25, 0.3) is 5.56 Å². The number of hydrogen-bond donors (Lipinski definition) is 3. The van der Waals surface area contributed by atoms with Crippen molar-refractivity contribution < 1.29 is 14.4 Å². The zero-order valence-electron chi connectivity index (χ0n) is 6.08. The average Bonchev–Trinajstić information content (AvgIpc) is 1.93. The first kappa shape index (κ1) is 10.1. The quantitative estimate of drug-likeness (QED) is 0.510. The number of aromatic nitrogens is 2. The van der Waals surface area contributed by atoms with E-state index in [1.807, 2.05) is 4.98 Å². The molecule has 0 aromatic carbocycles. The van der Waals surface area contributed by atoms with Crippen LogP contribution in [0.15, 0.2) is 21.9 Å². The molecule has 0 aliphatic heterocycles. The van der Waals surface area contributed by atoms with Crippen LogP contribution in [0.1, 0.15) is 0 Å². The van der Waals surface area contributed by atoms with E-state index < -0.39 is 18.0 Å². The fraction of sp³-hybridized carbons (Fsp3) is 0. The summed E-state index contributed by atoms with van der Waals surface area (Å²) in [6.07, 6.45) is 0.939. The third-order valence-corrected chi connectivity index (χ3v) is 1.57. The van der Waals surface area contributed by atoms with Crippen LogP contribution >= 0.6 is 6.72 Å². The SMILES string of the molecule is O=c1ccn(OP(O)(O)=S)c(=O)[nH]1. The van der Waals surface area contributed by atoms with Gasteiger partial charge >= 0.3 is 12.4 Å². The molecule has 0 atom stereocenters. The van der Waals surface area contributed by atoms with Gasteiger partial charge in [-0.15, -0.1) is 4.73 Å². The molecule has 0 saturated heterocycles. The molecule has 72 valence electrons. The van der Waals surface area contributed by atoms with Crippen molar-refractivity contribution in [3.8, 4) is 0 Å². The lowest BCUT2D eigenvalue weighted by molar-refractivity contribution is 0.210. The second kappa shape index (κ2) is 3.43. The summed E-state index contributed by atoms with van der Waals surface area (Å²) in [5, 5.41) is 0. The van der Waals surface area contributed by atoms with E-state index in [4.69, 9.17) is 9.79 Å². The molecule has 0 saturated carbocycles. The van der Waals surface area contributed by atoms with E-state index in [2.05, 4.69) is 16.4 Å². The summed E-state index contributed by atoms with van der Waals surface area (Å²) in [4.78, 5) is 40.6. The van der Waals surface area contributed by atoms with Gasteiger partial charge in [-0.25, -0.2) is 4.79 Å². The van der Waals surface area contributed by atoms with Crippen molar-refractivity contribution in [3.63, 3.8) is 0 Å². The van der Waals surface area contributed by atoms with Crippen molar-refractivity contribution in [2.24, 2.45) is 0 Å². The number of nitrogens with one attached hydrogen (secondary N) is 1. The van der Waals surface area contributed by atoms with Gasteiger partial charge in [0.05, 0.1) is 6.20 Å². The number of aromatic amines is 1. The highest BCUT2D eigenvalue weighted by Crippen LogP contribution is 2.30. The maximum absolute atomic E-state index is 10.8. The second-order valence-corrected chi connectivity index (χ2v) is 4.58. The molecule has 0 radical (unpaired) electrons. The molecule has 13 heavy (non-hydrogen) atoms. The number of H-pyrrole nitrogens is 1. The summed E-state index contributed by atoms with van der Waals surface area (Å²) in [7, 11) is 0. The second-order valence-electron chi connectivity index (χ2n) is 2.01. The molecule has 7 nitrogen and oxygen atoms in total. The first-order valence-corrected chi connectivity index (χ1v) is 5.59. The zero-order valence-corrected chi connectivity index (χ0v) is 7.79. The van der Waals surface area contributed by atoms with Gasteiger partial charge < -0.3 is 14.4 Å². The van der Waals surface area contributed by atoms with Crippen LogP contribution in [0.4, 0.5) is 0 Å². The maximum Gasteiger partial charge on any atom is 0.395 e. The smallest absolute Gasteiger partial charge is 0.328 e. The molecule has 1 heterocycles. The Morgan fingerprint density at radius 1 is 1.54 bits per heavy atom. The van der Waals surface area contributed by atoms with Crippen molar-refractivity contribution in [1.82, 2.24) is 9.71 Å². The van der Waals surface area contributed by atoms with E-state index in [-0.39, 0.29) is 0 Å². The predicted octanol–water partition coefficient (Wildman–Crippen LogP) is -1.83. The Labute approximate surface area is 76.4 Å². The Morgan fingerprint density at radius 3 is 2.62 bits per heavy atom. The average molecular weight is 224 g/mol. The van der Waals surface area contributed by atoms with Crippen LogP contribution in [0.5, 0.6) is 0 Å². The number of nitrogens with zero attached hydrogens (tertiary/aromatic N) is 1. The highest BCUT2D eigenvalue weighted by Gasteiger charge is 2.10. The van der Waals surface area contributed by atoms with Crippen LogP contribution < -0.4 is 15.9 Å². The standard InChI is InChI=1S/C4H5N2O5PS/c7-3-1-2-6(4(8)5-3)11-12(9,10)13/h1-2H,(H,5,7,8)(H2,9,10,13). The van der Waals surface area contributed by atoms with Crippen LogP contribution in [-0.2, 0) is 11.8 Å². The molecule has 9 heteroatoms. The minimum Gasteiger partial charge on any atom is -0.328 e. The van der Waals surface area contributed by atoms with Crippen molar-refractivity contribution >= 4 is 18.5 Å². The van der Waals surface area contributed by atoms with E-state index in [0.717, 1.165) is 12.3 Å². The van der Waals surface area contributed by atoms with E-state index >= 15 is 0 Å². The van der Waals surface area contributed by atoms with Crippen LogP contribution in [0.2, 0.25) is 0 Å². The summed E-state index contributed by atoms with van der Waals surface area (Å²) < 4.78 is 4.71. The Balaban J connectivity index is 3.12. The Morgan fingerprint density at radius 2 is 2.15 bits per heavy atom. The highest BCUT2D eigenvalue weighted by atomic mass is 32.5. The van der Waals surface area contributed by atoms with Crippen LogP contribution in [0, 0.1) is 0 Å². The molecule has 0 spiro atoms. The molecule has 0 aliphatic carbocycles. The number of rotatable bonds is 2. The minimum absolute atomic E-state index is 0.447. The fourth-order valence-electron chi connectivity index (χ4n) is 0.584. The molecule has 0 unspecified atom stereocenters. The summed E-state index contributed by atoms with van der Waals surface area (Å²) in [5.41, 5.74) is -1.54. The van der Waals surface area contributed by atoms with Gasteiger partial charge in [0.2, 0.25) is 0 Å². The Hall–Kier alpha value is -0.950. The Kier molecular flexibility index (Phi) is 2.67. The van der Waals surface area contributed by atoms with Crippen molar-refractivity contribution in [2.45, 2.75) is 0 Å². The third kappa shape index (κ3) is 3.11. The molecule has 0 fully saturated rings. The molecule has 0 aliphatic rings. The van der Waals surface area contributed by atoms with Gasteiger partial charge in [-0.3, -0.25) is 9.78 Å². The van der Waals surface area contributed by atoms with Gasteiger partial charge in [-0.2, -0.15) is 0 Å². The van der Waals surface area contributed by atoms with Crippen LogP contribution in [0.25, 0.3) is 0 Å². The molecule has 1 aromatic heterocycles. The van der Waals surface area contributed by atoms with Gasteiger partial charge in [0.1, 0.15) is 0 Å². The molecule has 1 aromatic rings. The van der Waals surface area contributed by atoms with E-state index in [9.17, 15) is 9.59 Å². The van der Waals surface area contributed by atoms with E-state index in [0.29, 0.717) is 4.73 Å². The predicted molar refractivity (Wildman–Crippen MR) is 46.6 cm³/mol. The lowest BCUT2D eigenvalue weighted by Gasteiger charge is -2.09. The summed E-state index contributed by atoms with van der Waals surface area (Å²) >= 11 is 4.11. The molecule has 0 amide bonds. The minimum atomic E-state index is -3.96. The van der Waals surface area contributed by atoms with Crippen molar-refractivity contribution in [1.29, 1.82) is 0 Å². The molecule has 3 N–H and O–H groups in total. The van der Waals surface area contributed by atoms with E-state index in [1.54, 1.807) is 0 Å².